The smallest absolute Gasteiger partial charge is 0.366 e. The molecular weight excluding hydrogens is 219 g/mol. The maximum Gasteiger partial charge on any atom is 0.703 e. The number of hydrogen-bond acceptors (Lipinski definition) is 4. The zero-order chi connectivity index (χ0) is 5.21. The fourth-order valence-electron chi connectivity index (χ4n) is 0. The van der Waals surface area contributed by atoms with Gasteiger partial charge in [0.05, 0.1) is 0 Å². The molecule has 0 spiro atoms. The third-order valence-electron chi connectivity index (χ3n) is 0.104. The van der Waals surface area contributed by atoms with Gasteiger partial charge in [-0.3, -0.25) is 0 Å². The van der Waals surface area contributed by atoms with Crippen LogP contribution in [0, 0.1) is 0 Å². The minimum atomic E-state index is -4.80. The van der Waals surface area contributed by atoms with Crippen molar-refractivity contribution in [3.63, 3.8) is 0 Å². The molecular formula is H3AgFO4Si. The molecule has 1 radical (unpaired) electrons. The van der Waals surface area contributed by atoms with E-state index in [2.05, 4.69) is 4.63 Å². The predicted octanol–water partition coefficient (Wildman–Crippen LogP) is -1.70. The first kappa shape index (κ1) is 10.7. The van der Waals surface area contributed by atoms with Crippen molar-refractivity contribution in [3.05, 3.63) is 0 Å². The van der Waals surface area contributed by atoms with Crippen molar-refractivity contribution in [2.45, 2.75) is 0 Å². The summed E-state index contributed by atoms with van der Waals surface area (Å²) in [6.07, 6.45) is 0. The van der Waals surface area contributed by atoms with E-state index >= 15 is 0 Å². The van der Waals surface area contributed by atoms with E-state index in [0.717, 1.165) is 0 Å². The summed E-state index contributed by atoms with van der Waals surface area (Å²) in [5.41, 5.74) is 0. The first-order valence-corrected chi connectivity index (χ1v) is 2.78. The van der Waals surface area contributed by atoms with Crippen LogP contribution in [-0.4, -0.2) is 23.4 Å². The Morgan fingerprint density at radius 3 is 1.43 bits per heavy atom. The van der Waals surface area contributed by atoms with Gasteiger partial charge in [-0.25, -0.2) is 0 Å². The van der Waals surface area contributed by atoms with E-state index in [1.807, 2.05) is 0 Å². The fourth-order valence-corrected chi connectivity index (χ4v) is 0. The molecule has 4 nitrogen and oxygen atoms in total. The molecule has 7 heteroatoms. The van der Waals surface area contributed by atoms with Crippen LogP contribution < -0.4 is 0 Å². The third kappa shape index (κ3) is 10.8. The van der Waals surface area contributed by atoms with Gasteiger partial charge in [-0.2, -0.15) is 4.63 Å². The summed E-state index contributed by atoms with van der Waals surface area (Å²) >= 11 is 0. The zero-order valence-corrected chi connectivity index (χ0v) is 5.41. The summed E-state index contributed by atoms with van der Waals surface area (Å²) < 4.78 is 12.6. The van der Waals surface area contributed by atoms with Crippen molar-refractivity contribution in [1.82, 2.24) is 0 Å². The van der Waals surface area contributed by atoms with Crippen molar-refractivity contribution in [3.8, 4) is 0 Å². The van der Waals surface area contributed by atoms with Gasteiger partial charge in [0, 0.05) is 22.4 Å². The SMILES string of the molecule is O[Si](O)(O)OF.[Ag]. The second-order valence-electron chi connectivity index (χ2n) is 0.651. The van der Waals surface area contributed by atoms with Gasteiger partial charge in [0.2, 0.25) is 0 Å². The Morgan fingerprint density at radius 2 is 1.43 bits per heavy atom. The maximum atomic E-state index is 10.3. The number of rotatable bonds is 1. The monoisotopic (exact) mass is 221 g/mol. The standard InChI is InChI=1S/Ag.FH3O4Si/c;1-5-6(2,3)4/h;2-4H. The van der Waals surface area contributed by atoms with E-state index in [0.29, 0.717) is 0 Å². The molecule has 49 valence electrons. The Bertz CT molecular complexity index is 41.4. The second kappa shape index (κ2) is 3.70. The minimum Gasteiger partial charge on any atom is -0.366 e. The maximum absolute atomic E-state index is 10.3. The van der Waals surface area contributed by atoms with Crippen molar-refractivity contribution < 1.29 is 45.9 Å². The summed E-state index contributed by atoms with van der Waals surface area (Å²) in [7, 11) is -4.80. The van der Waals surface area contributed by atoms with Crippen LogP contribution in [0.4, 0.5) is 4.53 Å². The van der Waals surface area contributed by atoms with Gasteiger partial charge in [0.1, 0.15) is 0 Å². The van der Waals surface area contributed by atoms with Crippen LogP contribution >= 0.6 is 0 Å². The molecule has 0 aliphatic heterocycles. The fraction of sp³-hybridized carbons (Fsp3) is 0. The van der Waals surface area contributed by atoms with Crippen molar-refractivity contribution in [2.75, 3.05) is 0 Å². The summed E-state index contributed by atoms with van der Waals surface area (Å²) in [6, 6.07) is 0. The van der Waals surface area contributed by atoms with E-state index in [-0.39, 0.29) is 22.4 Å². The largest absolute Gasteiger partial charge is 0.703 e. The topological polar surface area (TPSA) is 69.9 Å². The molecule has 3 N–H and O–H groups in total. The molecule has 0 unspecified atom stereocenters. The molecule has 0 aromatic carbocycles. The average molecular weight is 222 g/mol. The molecule has 0 saturated heterocycles. The average Bonchev–Trinajstić information content (AvgIpc) is 1.35. The van der Waals surface area contributed by atoms with Crippen LogP contribution in [0.25, 0.3) is 0 Å². The molecule has 0 fully saturated rings. The molecule has 0 atom stereocenters. The molecule has 0 aromatic rings. The quantitative estimate of drug-likeness (QED) is 0.462. The molecule has 0 heterocycles. The molecule has 0 amide bonds. The van der Waals surface area contributed by atoms with E-state index in [1.54, 1.807) is 0 Å². The summed E-state index contributed by atoms with van der Waals surface area (Å²) in [6.45, 7) is 0. The predicted molar refractivity (Wildman–Crippen MR) is 14.6 cm³/mol. The second-order valence-corrected chi connectivity index (χ2v) is 1.95. The zero-order valence-electron chi connectivity index (χ0n) is 2.93. The Morgan fingerprint density at radius 1 is 1.29 bits per heavy atom. The molecule has 0 rings (SSSR count). The van der Waals surface area contributed by atoms with Crippen LogP contribution in [-0.2, 0) is 27.0 Å². The van der Waals surface area contributed by atoms with Gasteiger partial charge < -0.3 is 14.4 Å². The summed E-state index contributed by atoms with van der Waals surface area (Å²) in [4.78, 5) is 22.4. The van der Waals surface area contributed by atoms with Crippen LogP contribution in [0.2, 0.25) is 0 Å². The Kier molecular flexibility index (Phi) is 5.63. The normalized spacial score (nSPS) is 10.3. The van der Waals surface area contributed by atoms with Crippen molar-refractivity contribution in [2.24, 2.45) is 0 Å². The summed E-state index contributed by atoms with van der Waals surface area (Å²) in [5, 5.41) is 0. The molecule has 0 bridgehead atoms. The minimum absolute atomic E-state index is 0. The first-order chi connectivity index (χ1) is 2.56. The van der Waals surface area contributed by atoms with Crippen molar-refractivity contribution in [1.29, 1.82) is 0 Å². The van der Waals surface area contributed by atoms with E-state index in [4.69, 9.17) is 14.4 Å². The first-order valence-electron chi connectivity index (χ1n) is 1.03. The van der Waals surface area contributed by atoms with E-state index in [9.17, 15) is 4.53 Å². The molecule has 7 heavy (non-hydrogen) atoms. The van der Waals surface area contributed by atoms with Gasteiger partial charge in [0.25, 0.3) is 0 Å². The Balaban J connectivity index is 0. The van der Waals surface area contributed by atoms with Gasteiger partial charge in [-0.15, -0.1) is 0 Å². The molecule has 0 aliphatic rings. The van der Waals surface area contributed by atoms with Gasteiger partial charge in [-0.05, 0) is 0 Å². The van der Waals surface area contributed by atoms with Crippen LogP contribution in [0.3, 0.4) is 0 Å². The van der Waals surface area contributed by atoms with Gasteiger partial charge in [-0.1, -0.05) is 4.53 Å². The summed E-state index contributed by atoms with van der Waals surface area (Å²) in [5.74, 6) is 0. The van der Waals surface area contributed by atoms with Crippen LogP contribution in [0.15, 0.2) is 0 Å². The number of halogens is 1. The van der Waals surface area contributed by atoms with Crippen molar-refractivity contribution >= 4 is 9.05 Å². The van der Waals surface area contributed by atoms with Gasteiger partial charge >= 0.3 is 9.05 Å². The van der Waals surface area contributed by atoms with E-state index in [1.165, 1.54) is 0 Å². The Hall–Kier alpha value is 0.727. The van der Waals surface area contributed by atoms with E-state index < -0.39 is 9.05 Å². The molecule has 0 saturated carbocycles. The third-order valence-corrected chi connectivity index (χ3v) is 0.311. The number of hydrogen-bond donors (Lipinski definition) is 3. The molecule has 0 aliphatic carbocycles. The van der Waals surface area contributed by atoms with Crippen LogP contribution in [0.1, 0.15) is 0 Å². The van der Waals surface area contributed by atoms with Gasteiger partial charge in [0.15, 0.2) is 0 Å². The van der Waals surface area contributed by atoms with Crippen LogP contribution in [0.5, 0.6) is 0 Å². The Labute approximate surface area is 55.4 Å². The molecule has 0 aromatic heterocycles.